The van der Waals surface area contributed by atoms with Crippen molar-refractivity contribution in [1.29, 1.82) is 0 Å². The zero-order chi connectivity index (χ0) is 17.3. The van der Waals surface area contributed by atoms with E-state index in [1.54, 1.807) is 32.1 Å². The van der Waals surface area contributed by atoms with Crippen molar-refractivity contribution in [2.24, 2.45) is 0 Å². The second-order valence-corrected chi connectivity index (χ2v) is 7.86. The summed E-state index contributed by atoms with van der Waals surface area (Å²) >= 11 is 1.66. The van der Waals surface area contributed by atoms with E-state index in [9.17, 15) is 9.90 Å². The highest BCUT2D eigenvalue weighted by atomic mass is 32.1. The van der Waals surface area contributed by atoms with E-state index in [0.29, 0.717) is 23.6 Å². The van der Waals surface area contributed by atoms with E-state index in [0.717, 1.165) is 17.7 Å². The number of hydrogen-bond acceptors (Lipinski definition) is 5. The van der Waals surface area contributed by atoms with Crippen LogP contribution in [0, 0.1) is 13.8 Å². The number of aliphatic hydroxyl groups excluding tert-OH is 1. The Morgan fingerprint density at radius 1 is 1.42 bits per heavy atom. The van der Waals surface area contributed by atoms with Crippen LogP contribution >= 0.6 is 11.3 Å². The number of nitrogens with one attached hydrogen (secondary N) is 1. The Balaban J connectivity index is 1.78. The molecule has 0 bridgehead atoms. The van der Waals surface area contributed by atoms with Crippen LogP contribution in [0.1, 0.15) is 70.3 Å². The number of hydrogen-bond donors (Lipinski definition) is 2. The molecule has 5 nitrogen and oxygen atoms in total. The van der Waals surface area contributed by atoms with Gasteiger partial charge in [0.25, 0.3) is 5.91 Å². The largest absolute Gasteiger partial charge is 0.388 e. The molecule has 1 aliphatic rings. The van der Waals surface area contributed by atoms with E-state index in [4.69, 9.17) is 4.52 Å². The molecule has 2 aromatic heterocycles. The summed E-state index contributed by atoms with van der Waals surface area (Å²) in [6.45, 7) is 5.94. The summed E-state index contributed by atoms with van der Waals surface area (Å²) in [7, 11) is 0. The quantitative estimate of drug-likeness (QED) is 0.865. The Morgan fingerprint density at radius 3 is 2.67 bits per heavy atom. The molecule has 24 heavy (non-hydrogen) atoms. The fraction of sp³-hybridized carbons (Fsp3) is 0.556. The number of aryl methyl sites for hydroxylation is 2. The minimum absolute atomic E-state index is 0.0214. The Bertz CT molecular complexity index is 707. The van der Waals surface area contributed by atoms with Crippen molar-refractivity contribution >= 4 is 17.2 Å². The maximum atomic E-state index is 12.5. The van der Waals surface area contributed by atoms with E-state index < -0.39 is 6.10 Å². The van der Waals surface area contributed by atoms with Crippen molar-refractivity contribution in [2.45, 2.75) is 58.0 Å². The van der Waals surface area contributed by atoms with Gasteiger partial charge >= 0.3 is 0 Å². The summed E-state index contributed by atoms with van der Waals surface area (Å²) in [6, 6.07) is 4.11. The number of aliphatic hydroxyl groups is 1. The van der Waals surface area contributed by atoms with Crippen molar-refractivity contribution in [3.63, 3.8) is 0 Å². The Morgan fingerprint density at radius 2 is 2.12 bits per heavy atom. The molecule has 0 aliphatic heterocycles. The normalized spacial score (nSPS) is 17.8. The van der Waals surface area contributed by atoms with Gasteiger partial charge in [-0.2, -0.15) is 0 Å². The highest BCUT2D eigenvalue weighted by Gasteiger charge is 2.37. The number of rotatable bonds is 5. The summed E-state index contributed by atoms with van der Waals surface area (Å²) in [5.74, 6) is 0.433. The maximum Gasteiger partial charge on any atom is 0.256 e. The zero-order valence-corrected chi connectivity index (χ0v) is 15.2. The van der Waals surface area contributed by atoms with Crippen molar-refractivity contribution < 1.29 is 14.4 Å². The molecule has 0 spiro atoms. The van der Waals surface area contributed by atoms with Crippen LogP contribution in [0.4, 0.5) is 0 Å². The molecule has 0 unspecified atom stereocenters. The number of thiophene rings is 1. The van der Waals surface area contributed by atoms with Gasteiger partial charge in [-0.25, -0.2) is 0 Å². The number of amides is 1. The smallest absolute Gasteiger partial charge is 0.256 e. The van der Waals surface area contributed by atoms with Crippen LogP contribution in [0.25, 0.3) is 0 Å². The molecule has 2 N–H and O–H groups in total. The third-order valence-corrected chi connectivity index (χ3v) is 6.47. The van der Waals surface area contributed by atoms with E-state index in [1.807, 2.05) is 6.07 Å². The molecule has 2 heterocycles. The molecule has 1 atom stereocenters. The average Bonchev–Trinajstić information content (AvgIpc) is 3.25. The Labute approximate surface area is 146 Å². The van der Waals surface area contributed by atoms with Gasteiger partial charge in [0.2, 0.25) is 0 Å². The van der Waals surface area contributed by atoms with Crippen molar-refractivity contribution in [2.75, 3.05) is 6.54 Å². The van der Waals surface area contributed by atoms with Gasteiger partial charge in [0.15, 0.2) is 0 Å². The highest BCUT2D eigenvalue weighted by molar-refractivity contribution is 7.12. The molecule has 3 rings (SSSR count). The van der Waals surface area contributed by atoms with E-state index >= 15 is 0 Å². The van der Waals surface area contributed by atoms with Gasteiger partial charge in [-0.3, -0.25) is 4.79 Å². The van der Waals surface area contributed by atoms with Gasteiger partial charge in [0.05, 0.1) is 11.8 Å². The average molecular weight is 348 g/mol. The Kier molecular flexibility index (Phi) is 4.78. The third kappa shape index (κ3) is 3.13. The molecule has 1 saturated carbocycles. The molecular weight excluding hydrogens is 324 g/mol. The van der Waals surface area contributed by atoms with Crippen LogP contribution in [0.15, 0.2) is 16.7 Å². The first-order valence-corrected chi connectivity index (χ1v) is 9.24. The predicted octanol–water partition coefficient (Wildman–Crippen LogP) is 3.65. The van der Waals surface area contributed by atoms with Gasteiger partial charge in [-0.1, -0.05) is 18.0 Å². The van der Waals surface area contributed by atoms with Crippen LogP contribution in [0.2, 0.25) is 0 Å². The van der Waals surface area contributed by atoms with Gasteiger partial charge in [0.1, 0.15) is 11.3 Å². The first-order chi connectivity index (χ1) is 11.4. The lowest BCUT2D eigenvalue weighted by molar-refractivity contribution is 0.0941. The van der Waals surface area contributed by atoms with Gasteiger partial charge in [0, 0.05) is 21.7 Å². The van der Waals surface area contributed by atoms with Crippen molar-refractivity contribution in [3.8, 4) is 0 Å². The summed E-state index contributed by atoms with van der Waals surface area (Å²) in [5.41, 5.74) is 1.14. The molecule has 130 valence electrons. The van der Waals surface area contributed by atoms with Crippen LogP contribution in [0.5, 0.6) is 0 Å². The van der Waals surface area contributed by atoms with Crippen LogP contribution in [-0.2, 0) is 5.41 Å². The molecule has 0 saturated heterocycles. The molecule has 0 radical (unpaired) electrons. The fourth-order valence-electron chi connectivity index (χ4n) is 3.57. The van der Waals surface area contributed by atoms with Crippen molar-refractivity contribution in [1.82, 2.24) is 10.5 Å². The molecule has 0 aromatic carbocycles. The summed E-state index contributed by atoms with van der Waals surface area (Å²) in [4.78, 5) is 14.8. The summed E-state index contributed by atoms with van der Waals surface area (Å²) in [6.07, 6.45) is 4.02. The summed E-state index contributed by atoms with van der Waals surface area (Å²) in [5, 5.41) is 16.7. The molecule has 1 aliphatic carbocycles. The highest BCUT2D eigenvalue weighted by Crippen LogP contribution is 2.44. The lowest BCUT2D eigenvalue weighted by Crippen LogP contribution is -2.38. The third-order valence-electron chi connectivity index (χ3n) is 4.97. The molecule has 6 heteroatoms. The number of aromatic nitrogens is 1. The topological polar surface area (TPSA) is 75.4 Å². The first-order valence-electron chi connectivity index (χ1n) is 8.42. The molecular formula is C18H24N2O3S. The molecule has 1 fully saturated rings. The lowest BCUT2D eigenvalue weighted by Gasteiger charge is -2.28. The lowest BCUT2D eigenvalue weighted by atomic mass is 9.84. The van der Waals surface area contributed by atoms with Gasteiger partial charge < -0.3 is 14.9 Å². The van der Waals surface area contributed by atoms with Crippen LogP contribution in [-0.4, -0.2) is 22.7 Å². The van der Waals surface area contributed by atoms with Gasteiger partial charge in [-0.15, -0.1) is 11.3 Å². The van der Waals surface area contributed by atoms with E-state index in [1.165, 1.54) is 17.7 Å². The monoisotopic (exact) mass is 348 g/mol. The zero-order valence-electron chi connectivity index (χ0n) is 14.4. The molecule has 2 aromatic rings. The fourth-order valence-corrected chi connectivity index (χ4v) is 4.76. The standard InChI is InChI=1S/C18H24N2O3S/c1-11-16(13(3)23-20-11)17(22)19-10-18(8-4-5-9-18)15-7-6-14(24-15)12(2)21/h6-7,12,21H,4-5,8-10H2,1-3H3,(H,19,22)/t12-/m0/s1. The number of carbonyl (C=O) groups is 1. The van der Waals surface area contributed by atoms with E-state index in [-0.39, 0.29) is 11.3 Å². The van der Waals surface area contributed by atoms with E-state index in [2.05, 4.69) is 16.5 Å². The van der Waals surface area contributed by atoms with Crippen molar-refractivity contribution in [3.05, 3.63) is 38.9 Å². The SMILES string of the molecule is Cc1noc(C)c1C(=O)NCC1(c2ccc([C@H](C)O)s2)CCCC1. The summed E-state index contributed by atoms with van der Waals surface area (Å²) < 4.78 is 5.09. The number of carbonyl (C=O) groups excluding carboxylic acids is 1. The Hall–Kier alpha value is -1.66. The van der Waals surface area contributed by atoms with Crippen LogP contribution in [0.3, 0.4) is 0 Å². The minimum Gasteiger partial charge on any atom is -0.388 e. The van der Waals surface area contributed by atoms with Gasteiger partial charge in [-0.05, 0) is 45.7 Å². The first kappa shape index (κ1) is 17.2. The predicted molar refractivity (Wildman–Crippen MR) is 93.4 cm³/mol. The minimum atomic E-state index is -0.445. The number of nitrogens with zero attached hydrogens (tertiary/aromatic N) is 1. The molecule has 1 amide bonds. The van der Waals surface area contributed by atoms with Crippen LogP contribution < -0.4 is 5.32 Å². The second kappa shape index (κ2) is 6.69. The second-order valence-electron chi connectivity index (χ2n) is 6.75. The maximum absolute atomic E-state index is 12.5.